The Kier molecular flexibility index (Phi) is 8.74. The zero-order valence-electron chi connectivity index (χ0n) is 12.6. The lowest BCUT2D eigenvalue weighted by atomic mass is 9.98. The Balaban J connectivity index is 0.00000289. The zero-order valence-corrected chi connectivity index (χ0v) is 14.2. The molecule has 0 aromatic heterocycles. The molecular formula is C15H32BrNO. The minimum Gasteiger partial charge on any atom is -1.00 e. The van der Waals surface area contributed by atoms with Crippen LogP contribution in [0.5, 0.6) is 0 Å². The van der Waals surface area contributed by atoms with Crippen molar-refractivity contribution in [2.75, 3.05) is 0 Å². The summed E-state index contributed by atoms with van der Waals surface area (Å²) < 4.78 is 5.65. The van der Waals surface area contributed by atoms with Crippen molar-refractivity contribution in [1.82, 2.24) is 0 Å². The van der Waals surface area contributed by atoms with Crippen LogP contribution in [0.25, 0.3) is 0 Å². The number of ether oxygens (including phenoxy) is 1. The normalized spacial score (nSPS) is 24.7. The molecule has 3 heteroatoms. The Morgan fingerprint density at radius 3 is 1.61 bits per heavy atom. The van der Waals surface area contributed by atoms with Gasteiger partial charge in [-0.05, 0) is 20.3 Å². The van der Waals surface area contributed by atoms with Crippen molar-refractivity contribution in [1.29, 1.82) is 0 Å². The Morgan fingerprint density at radius 1 is 0.833 bits per heavy atom. The maximum Gasteiger partial charge on any atom is 0.228 e. The molecular weight excluding hydrogens is 290 g/mol. The van der Waals surface area contributed by atoms with E-state index in [1.807, 2.05) is 0 Å². The highest BCUT2D eigenvalue weighted by Gasteiger charge is 2.65. The number of quaternary nitrogens is 1. The van der Waals surface area contributed by atoms with Gasteiger partial charge in [0.1, 0.15) is 5.60 Å². The van der Waals surface area contributed by atoms with Crippen molar-refractivity contribution in [2.45, 2.75) is 96.3 Å². The Morgan fingerprint density at radius 2 is 1.22 bits per heavy atom. The second kappa shape index (κ2) is 8.55. The van der Waals surface area contributed by atoms with Gasteiger partial charge in [0, 0.05) is 6.42 Å². The number of hydrogen-bond acceptors (Lipinski definition) is 1. The minimum atomic E-state index is -0.0614. The van der Waals surface area contributed by atoms with Crippen LogP contribution in [0, 0.1) is 0 Å². The van der Waals surface area contributed by atoms with Gasteiger partial charge in [-0.25, -0.2) is 0 Å². The van der Waals surface area contributed by atoms with E-state index in [1.165, 1.54) is 57.8 Å². The largest absolute Gasteiger partial charge is 1.00 e. The molecule has 1 heterocycles. The molecule has 1 unspecified atom stereocenters. The lowest BCUT2D eigenvalue weighted by Crippen LogP contribution is -3.00. The summed E-state index contributed by atoms with van der Waals surface area (Å²) in [6, 6.07) is 0. The van der Waals surface area contributed by atoms with E-state index in [1.54, 1.807) is 0 Å². The molecule has 3 N–H and O–H groups in total. The van der Waals surface area contributed by atoms with Crippen molar-refractivity contribution in [2.24, 2.45) is 0 Å². The van der Waals surface area contributed by atoms with Crippen molar-refractivity contribution in [3.8, 4) is 0 Å². The smallest absolute Gasteiger partial charge is 0.228 e. The molecule has 0 aromatic carbocycles. The lowest BCUT2D eigenvalue weighted by molar-refractivity contribution is -0.473. The van der Waals surface area contributed by atoms with E-state index in [0.29, 0.717) is 0 Å². The van der Waals surface area contributed by atoms with Gasteiger partial charge in [0.2, 0.25) is 5.72 Å². The predicted molar refractivity (Wildman–Crippen MR) is 72.6 cm³/mol. The van der Waals surface area contributed by atoms with Crippen LogP contribution in [0.2, 0.25) is 0 Å². The summed E-state index contributed by atoms with van der Waals surface area (Å²) in [5, 5.41) is 0. The summed E-state index contributed by atoms with van der Waals surface area (Å²) in [6.45, 7) is 6.57. The van der Waals surface area contributed by atoms with E-state index in [2.05, 4.69) is 26.5 Å². The van der Waals surface area contributed by atoms with Crippen LogP contribution in [0.3, 0.4) is 0 Å². The number of epoxide rings is 1. The van der Waals surface area contributed by atoms with Crippen LogP contribution in [0.15, 0.2) is 0 Å². The quantitative estimate of drug-likeness (QED) is 0.466. The van der Waals surface area contributed by atoms with E-state index in [-0.39, 0.29) is 28.3 Å². The topological polar surface area (TPSA) is 40.2 Å². The van der Waals surface area contributed by atoms with Crippen LogP contribution in [-0.4, -0.2) is 11.3 Å². The maximum atomic E-state index is 5.65. The first-order valence-electron chi connectivity index (χ1n) is 7.57. The number of unbranched alkanes of at least 4 members (excludes halogenated alkanes) is 8. The third kappa shape index (κ3) is 6.03. The summed E-state index contributed by atoms with van der Waals surface area (Å²) in [7, 11) is 0. The summed E-state index contributed by atoms with van der Waals surface area (Å²) in [5.74, 6) is 0. The highest BCUT2D eigenvalue weighted by atomic mass is 79.9. The fourth-order valence-electron chi connectivity index (χ4n) is 2.54. The first-order valence-corrected chi connectivity index (χ1v) is 7.57. The first-order chi connectivity index (χ1) is 8.02. The fourth-order valence-corrected chi connectivity index (χ4v) is 2.54. The molecule has 0 radical (unpaired) electrons. The van der Waals surface area contributed by atoms with Gasteiger partial charge in [-0.2, -0.15) is 0 Å². The third-order valence-electron chi connectivity index (χ3n) is 4.19. The van der Waals surface area contributed by atoms with Gasteiger partial charge in [0.25, 0.3) is 0 Å². The Hall–Kier alpha value is 0.400. The molecule has 0 aliphatic carbocycles. The summed E-state index contributed by atoms with van der Waals surface area (Å²) in [4.78, 5) is 0. The number of hydrogen-bond donors (Lipinski definition) is 1. The average Bonchev–Trinajstić information content (AvgIpc) is 2.76. The molecule has 18 heavy (non-hydrogen) atoms. The van der Waals surface area contributed by atoms with Gasteiger partial charge in [-0.1, -0.05) is 58.3 Å². The molecule has 1 rings (SSSR count). The molecule has 2 nitrogen and oxygen atoms in total. The summed E-state index contributed by atoms with van der Waals surface area (Å²) >= 11 is 0. The van der Waals surface area contributed by atoms with Crippen LogP contribution < -0.4 is 22.7 Å². The molecule has 0 saturated carbocycles. The molecule has 1 saturated heterocycles. The molecule has 1 aliphatic heterocycles. The highest BCUT2D eigenvalue weighted by Crippen LogP contribution is 2.44. The third-order valence-corrected chi connectivity index (χ3v) is 4.19. The van der Waals surface area contributed by atoms with Crippen LogP contribution in [0.4, 0.5) is 0 Å². The standard InChI is InChI=1S/C15H31NO.BrH/c1-4-5-6-7-8-9-10-11-12-13-15(16)14(2,3)17-15;/h4-13,16H2,1-3H3;1H. The van der Waals surface area contributed by atoms with Gasteiger partial charge < -0.3 is 27.5 Å². The average molecular weight is 322 g/mol. The molecule has 0 spiro atoms. The Bertz CT molecular complexity index is 221. The van der Waals surface area contributed by atoms with Gasteiger partial charge in [0.15, 0.2) is 0 Å². The fraction of sp³-hybridized carbons (Fsp3) is 1.00. The van der Waals surface area contributed by atoms with Crippen molar-refractivity contribution >= 4 is 0 Å². The molecule has 1 fully saturated rings. The Labute approximate surface area is 124 Å². The van der Waals surface area contributed by atoms with Gasteiger partial charge in [-0.15, -0.1) is 0 Å². The minimum absolute atomic E-state index is 0. The lowest BCUT2D eigenvalue weighted by Gasteiger charge is -2.05. The summed E-state index contributed by atoms with van der Waals surface area (Å²) in [6.07, 6.45) is 13.6. The first kappa shape index (κ1) is 18.4. The molecule has 0 aromatic rings. The van der Waals surface area contributed by atoms with Gasteiger partial charge >= 0.3 is 0 Å². The van der Waals surface area contributed by atoms with Crippen molar-refractivity contribution < 1.29 is 27.5 Å². The molecule has 0 bridgehead atoms. The summed E-state index contributed by atoms with van der Waals surface area (Å²) in [5.41, 5.74) is 4.15. The van der Waals surface area contributed by atoms with Crippen molar-refractivity contribution in [3.63, 3.8) is 0 Å². The zero-order chi connectivity index (χ0) is 12.8. The monoisotopic (exact) mass is 321 g/mol. The second-order valence-electron chi connectivity index (χ2n) is 6.19. The van der Waals surface area contributed by atoms with Gasteiger partial charge in [0.05, 0.1) is 0 Å². The number of rotatable bonds is 10. The molecule has 1 aliphatic rings. The van der Waals surface area contributed by atoms with E-state index >= 15 is 0 Å². The highest BCUT2D eigenvalue weighted by molar-refractivity contribution is 5.00. The van der Waals surface area contributed by atoms with E-state index in [0.717, 1.165) is 6.42 Å². The SMILES string of the molecule is CCCCCCCCCCCC1([NH3+])OC1(C)C.[Br-]. The van der Waals surface area contributed by atoms with E-state index < -0.39 is 0 Å². The molecule has 110 valence electrons. The van der Waals surface area contributed by atoms with E-state index in [9.17, 15) is 0 Å². The van der Waals surface area contributed by atoms with Gasteiger partial charge in [-0.3, -0.25) is 0 Å². The van der Waals surface area contributed by atoms with Crippen LogP contribution in [0.1, 0.15) is 85.0 Å². The van der Waals surface area contributed by atoms with Crippen molar-refractivity contribution in [3.05, 3.63) is 0 Å². The van der Waals surface area contributed by atoms with Crippen LogP contribution in [-0.2, 0) is 4.74 Å². The predicted octanol–water partition coefficient (Wildman–Crippen LogP) is 0.658. The number of halogens is 1. The van der Waals surface area contributed by atoms with E-state index in [4.69, 9.17) is 4.74 Å². The molecule has 0 amide bonds. The molecule has 1 atom stereocenters. The second-order valence-corrected chi connectivity index (χ2v) is 6.19. The van der Waals surface area contributed by atoms with Crippen LogP contribution >= 0.6 is 0 Å². The maximum absolute atomic E-state index is 5.65.